The third-order valence-electron chi connectivity index (χ3n) is 6.17. The average molecular weight is 440 g/mol. The van der Waals surface area contributed by atoms with Crippen molar-refractivity contribution in [1.29, 1.82) is 0 Å². The first-order chi connectivity index (χ1) is 15.4. The molecule has 170 valence electrons. The molecule has 0 spiro atoms. The fourth-order valence-corrected chi connectivity index (χ4v) is 4.69. The topological polar surface area (TPSA) is 66.5 Å². The molecule has 1 amide bonds. The zero-order chi connectivity index (χ0) is 22.3. The van der Waals surface area contributed by atoms with E-state index in [4.69, 9.17) is 23.7 Å². The van der Waals surface area contributed by atoms with Gasteiger partial charge in [-0.2, -0.15) is 0 Å². The lowest BCUT2D eigenvalue weighted by Crippen LogP contribution is -2.42. The maximum absolute atomic E-state index is 12.5. The van der Waals surface area contributed by atoms with Gasteiger partial charge in [0.1, 0.15) is 5.60 Å². The van der Waals surface area contributed by atoms with Crippen LogP contribution in [0.4, 0.5) is 4.79 Å². The normalized spacial score (nSPS) is 17.7. The van der Waals surface area contributed by atoms with Gasteiger partial charge in [-0.3, -0.25) is 0 Å². The van der Waals surface area contributed by atoms with Crippen LogP contribution in [0.25, 0.3) is 0 Å². The molecule has 2 aromatic carbocycles. The van der Waals surface area contributed by atoms with Crippen molar-refractivity contribution < 1.29 is 28.5 Å². The molecule has 0 atom stereocenters. The van der Waals surface area contributed by atoms with Gasteiger partial charge in [-0.15, -0.1) is 0 Å². The van der Waals surface area contributed by atoms with Gasteiger partial charge < -0.3 is 28.6 Å². The van der Waals surface area contributed by atoms with Crippen molar-refractivity contribution >= 4 is 6.09 Å². The highest BCUT2D eigenvalue weighted by atomic mass is 16.7. The average Bonchev–Trinajstić information content (AvgIpc) is 3.41. The Balaban J connectivity index is 1.40. The molecule has 0 N–H and O–H groups in total. The summed E-state index contributed by atoms with van der Waals surface area (Å²) in [6, 6.07) is 12.3. The summed E-state index contributed by atoms with van der Waals surface area (Å²) in [5.74, 6) is 3.60. The monoisotopic (exact) mass is 439 g/mol. The van der Waals surface area contributed by atoms with Crippen LogP contribution < -0.4 is 18.9 Å². The van der Waals surface area contributed by atoms with Gasteiger partial charge in [0, 0.05) is 19.0 Å². The molecule has 32 heavy (non-hydrogen) atoms. The maximum Gasteiger partial charge on any atom is 0.410 e. The Morgan fingerprint density at radius 3 is 1.88 bits per heavy atom. The van der Waals surface area contributed by atoms with Crippen molar-refractivity contribution in [3.8, 4) is 23.0 Å². The van der Waals surface area contributed by atoms with Crippen LogP contribution in [0.5, 0.6) is 23.0 Å². The molecule has 0 aromatic heterocycles. The molecule has 1 saturated heterocycles. The summed E-state index contributed by atoms with van der Waals surface area (Å²) in [7, 11) is 0. The van der Waals surface area contributed by atoms with Gasteiger partial charge in [0.2, 0.25) is 13.6 Å². The standard InChI is InChI=1S/C25H29NO6/c1-25(2,3)32-24(27)26-10-8-16(9-11-26)23(17-4-6-19-21(12-17)30-14-28-19)18-5-7-20-22(13-18)31-15-29-20/h4-7,12-13,16,23H,8-11,14-15H2,1-3H3. The molecule has 0 unspecified atom stereocenters. The van der Waals surface area contributed by atoms with Gasteiger partial charge in [0.15, 0.2) is 23.0 Å². The van der Waals surface area contributed by atoms with E-state index in [9.17, 15) is 4.79 Å². The van der Waals surface area contributed by atoms with E-state index >= 15 is 0 Å². The largest absolute Gasteiger partial charge is 0.454 e. The number of ether oxygens (including phenoxy) is 5. The molecule has 5 rings (SSSR count). The summed E-state index contributed by atoms with van der Waals surface area (Å²) in [6.45, 7) is 7.53. The number of benzene rings is 2. The van der Waals surface area contributed by atoms with E-state index in [0.29, 0.717) is 19.0 Å². The van der Waals surface area contributed by atoms with Crippen molar-refractivity contribution in [3.05, 3.63) is 47.5 Å². The molecule has 2 aromatic rings. The number of carbonyl (C=O) groups is 1. The third-order valence-corrected chi connectivity index (χ3v) is 6.17. The van der Waals surface area contributed by atoms with E-state index in [1.54, 1.807) is 0 Å². The van der Waals surface area contributed by atoms with Crippen molar-refractivity contribution in [3.63, 3.8) is 0 Å². The summed E-state index contributed by atoms with van der Waals surface area (Å²) in [6.07, 6.45) is 1.53. The first-order valence-electron chi connectivity index (χ1n) is 11.1. The molecular formula is C25H29NO6. The van der Waals surface area contributed by atoms with Gasteiger partial charge in [-0.1, -0.05) is 12.1 Å². The number of hydrogen-bond acceptors (Lipinski definition) is 6. The molecular weight excluding hydrogens is 410 g/mol. The van der Waals surface area contributed by atoms with Gasteiger partial charge in [-0.05, 0) is 74.9 Å². The third kappa shape index (κ3) is 4.16. The highest BCUT2D eigenvalue weighted by molar-refractivity contribution is 5.68. The predicted octanol–water partition coefficient (Wildman–Crippen LogP) is 4.92. The first-order valence-corrected chi connectivity index (χ1v) is 11.1. The minimum Gasteiger partial charge on any atom is -0.454 e. The van der Waals surface area contributed by atoms with Gasteiger partial charge >= 0.3 is 6.09 Å². The predicted molar refractivity (Wildman–Crippen MR) is 118 cm³/mol. The quantitative estimate of drug-likeness (QED) is 0.676. The molecule has 7 heteroatoms. The molecule has 3 aliphatic rings. The molecule has 1 fully saturated rings. The van der Waals surface area contributed by atoms with E-state index in [1.165, 1.54) is 11.1 Å². The Hall–Kier alpha value is -3.09. The summed E-state index contributed by atoms with van der Waals surface area (Å²) in [5.41, 5.74) is 1.85. The van der Waals surface area contributed by atoms with Crippen LogP contribution in [-0.2, 0) is 4.74 Å². The number of rotatable bonds is 3. The molecule has 0 bridgehead atoms. The van der Waals surface area contributed by atoms with E-state index in [0.717, 1.165) is 35.8 Å². The van der Waals surface area contributed by atoms with E-state index < -0.39 is 5.60 Å². The van der Waals surface area contributed by atoms with E-state index in [1.807, 2.05) is 37.8 Å². The number of amides is 1. The van der Waals surface area contributed by atoms with Crippen molar-refractivity contribution in [2.24, 2.45) is 5.92 Å². The minimum absolute atomic E-state index is 0.139. The fourth-order valence-electron chi connectivity index (χ4n) is 4.69. The van der Waals surface area contributed by atoms with E-state index in [-0.39, 0.29) is 25.6 Å². The fraction of sp³-hybridized carbons (Fsp3) is 0.480. The summed E-state index contributed by atoms with van der Waals surface area (Å²) in [4.78, 5) is 14.3. The van der Waals surface area contributed by atoms with Crippen LogP contribution in [0.15, 0.2) is 36.4 Å². The Morgan fingerprint density at radius 2 is 1.38 bits per heavy atom. The first kappa shape index (κ1) is 20.8. The zero-order valence-electron chi connectivity index (χ0n) is 18.8. The molecule has 3 heterocycles. The maximum atomic E-state index is 12.5. The summed E-state index contributed by atoms with van der Waals surface area (Å²) >= 11 is 0. The minimum atomic E-state index is -0.491. The Kier molecular flexibility index (Phi) is 5.27. The molecule has 0 aliphatic carbocycles. The van der Waals surface area contributed by atoms with Gasteiger partial charge in [0.25, 0.3) is 0 Å². The lowest BCUT2D eigenvalue weighted by Gasteiger charge is -2.37. The second kappa shape index (κ2) is 8.11. The van der Waals surface area contributed by atoms with Crippen LogP contribution in [0.2, 0.25) is 0 Å². The smallest absolute Gasteiger partial charge is 0.410 e. The number of fused-ring (bicyclic) bond motifs is 2. The highest BCUT2D eigenvalue weighted by Gasteiger charge is 2.33. The van der Waals surface area contributed by atoms with Crippen LogP contribution in [0, 0.1) is 5.92 Å². The Labute approximate surface area is 188 Å². The van der Waals surface area contributed by atoms with Gasteiger partial charge in [-0.25, -0.2) is 4.79 Å². The molecule has 0 saturated carbocycles. The van der Waals surface area contributed by atoms with Crippen LogP contribution in [-0.4, -0.2) is 43.3 Å². The Bertz CT molecular complexity index is 948. The van der Waals surface area contributed by atoms with Crippen molar-refractivity contribution in [1.82, 2.24) is 4.90 Å². The zero-order valence-corrected chi connectivity index (χ0v) is 18.8. The summed E-state index contributed by atoms with van der Waals surface area (Å²) in [5, 5.41) is 0. The number of piperidine rings is 1. The van der Waals surface area contributed by atoms with Crippen LogP contribution in [0.1, 0.15) is 50.7 Å². The van der Waals surface area contributed by atoms with Crippen LogP contribution >= 0.6 is 0 Å². The van der Waals surface area contributed by atoms with Crippen LogP contribution in [0.3, 0.4) is 0 Å². The number of hydrogen-bond donors (Lipinski definition) is 0. The lowest BCUT2D eigenvalue weighted by atomic mass is 9.76. The SMILES string of the molecule is CC(C)(C)OC(=O)N1CCC(C(c2ccc3c(c2)OCO3)c2ccc3c(c2)OCO3)CC1. The summed E-state index contributed by atoms with van der Waals surface area (Å²) < 4.78 is 27.9. The number of carbonyl (C=O) groups excluding carboxylic acids is 1. The molecule has 7 nitrogen and oxygen atoms in total. The highest BCUT2D eigenvalue weighted by Crippen LogP contribution is 2.44. The second-order valence-corrected chi connectivity index (χ2v) is 9.51. The Morgan fingerprint density at radius 1 is 0.875 bits per heavy atom. The molecule has 3 aliphatic heterocycles. The molecule has 0 radical (unpaired) electrons. The lowest BCUT2D eigenvalue weighted by molar-refractivity contribution is 0.0178. The second-order valence-electron chi connectivity index (χ2n) is 9.51. The van der Waals surface area contributed by atoms with Crippen molar-refractivity contribution in [2.45, 2.75) is 45.1 Å². The van der Waals surface area contributed by atoms with E-state index in [2.05, 4.69) is 24.3 Å². The van der Waals surface area contributed by atoms with Gasteiger partial charge in [0.05, 0.1) is 0 Å². The number of likely N-dealkylation sites (tertiary alicyclic amines) is 1. The van der Waals surface area contributed by atoms with Crippen molar-refractivity contribution in [2.75, 3.05) is 26.7 Å². The number of nitrogens with zero attached hydrogens (tertiary/aromatic N) is 1.